The molecule has 0 bridgehead atoms. The lowest BCUT2D eigenvalue weighted by Crippen LogP contribution is -2.68. The number of aliphatic hydroxyl groups is 8. The Bertz CT molecular complexity index is 866. The fraction of sp³-hybridized carbons (Fsp3) is 1.00. The number of hydrogen-bond acceptors (Lipinski definition) is 19. The third kappa shape index (κ3) is 6.60. The molecule has 4 aliphatic rings. The topological polar surface area (TPSA) is 347 Å². The Balaban J connectivity index is 1.50. The van der Waals surface area contributed by atoms with E-state index in [1.807, 2.05) is 0 Å². The highest BCUT2D eigenvalue weighted by atomic mass is 16.8. The van der Waals surface area contributed by atoms with Crippen LogP contribution >= 0.6 is 0 Å². The van der Waals surface area contributed by atoms with E-state index in [2.05, 4.69) is 0 Å². The maximum atomic E-state index is 11.1. The number of aliphatic hydroxyl groups excluding tert-OH is 8. The van der Waals surface area contributed by atoms with Gasteiger partial charge in [0.15, 0.2) is 18.9 Å². The van der Waals surface area contributed by atoms with Gasteiger partial charge in [0.25, 0.3) is 0 Å². The Morgan fingerprint density at radius 1 is 0.524 bits per heavy atom. The molecule has 1 saturated carbocycles. The zero-order valence-corrected chi connectivity index (χ0v) is 22.7. The normalized spacial score (nSPS) is 53.8. The first-order chi connectivity index (χ1) is 19.8. The standard InChI is InChI=1S/C23H45N5O14/c24-2-7-13(32)15(34)10(27)21(37-7)41-19-9(4-30)39-23(17(19)36)42-20-12(31)5(25)1-6(26)18(20)40-22-11(28)16(35)14(33)8(3-29)38-22/h5-23,29-36H,1-4,24-28H2/t5-,6-,7?,8-,9-,10-,11-,12+,13?,14?,15+,16+,17?,18?,19-,20?,21?,22-,23?/m0/s1. The molecule has 18 N–H and O–H groups in total. The molecule has 3 saturated heterocycles. The van der Waals surface area contributed by atoms with Crippen molar-refractivity contribution in [3.63, 3.8) is 0 Å². The van der Waals surface area contributed by atoms with Gasteiger partial charge in [-0.1, -0.05) is 0 Å². The van der Waals surface area contributed by atoms with Crippen LogP contribution in [0, 0.1) is 0 Å². The highest BCUT2D eigenvalue weighted by Crippen LogP contribution is 2.34. The summed E-state index contributed by atoms with van der Waals surface area (Å²) in [5.41, 5.74) is 29.9. The second-order valence-corrected chi connectivity index (χ2v) is 11.2. The number of hydrogen-bond donors (Lipinski definition) is 13. The van der Waals surface area contributed by atoms with E-state index < -0.39 is 129 Å². The van der Waals surface area contributed by atoms with Crippen molar-refractivity contribution in [2.24, 2.45) is 28.7 Å². The zero-order valence-electron chi connectivity index (χ0n) is 22.7. The van der Waals surface area contributed by atoms with Crippen molar-refractivity contribution in [3.05, 3.63) is 0 Å². The van der Waals surface area contributed by atoms with Crippen molar-refractivity contribution >= 4 is 0 Å². The van der Waals surface area contributed by atoms with Gasteiger partial charge in [-0.15, -0.1) is 0 Å². The minimum atomic E-state index is -1.62. The largest absolute Gasteiger partial charge is 0.394 e. The highest BCUT2D eigenvalue weighted by molar-refractivity contribution is 5.02. The van der Waals surface area contributed by atoms with Crippen LogP contribution in [0.25, 0.3) is 0 Å². The second-order valence-electron chi connectivity index (χ2n) is 11.2. The summed E-state index contributed by atoms with van der Waals surface area (Å²) in [6.45, 7) is -1.49. The zero-order chi connectivity index (χ0) is 31.0. The van der Waals surface area contributed by atoms with E-state index in [1.165, 1.54) is 0 Å². The quantitative estimate of drug-likeness (QED) is 0.114. The minimum absolute atomic E-state index is 0.0642. The summed E-state index contributed by atoms with van der Waals surface area (Å²) in [4.78, 5) is 0. The summed E-state index contributed by atoms with van der Waals surface area (Å²) in [5, 5.41) is 82.3. The molecule has 3 heterocycles. The van der Waals surface area contributed by atoms with Crippen LogP contribution in [0.15, 0.2) is 0 Å². The van der Waals surface area contributed by atoms with Crippen molar-refractivity contribution in [3.8, 4) is 0 Å². The summed E-state index contributed by atoms with van der Waals surface area (Å²) >= 11 is 0. The molecule has 0 aromatic carbocycles. The van der Waals surface area contributed by atoms with Crippen molar-refractivity contribution in [2.75, 3.05) is 19.8 Å². The van der Waals surface area contributed by atoms with E-state index in [1.54, 1.807) is 0 Å². The molecule has 1 aliphatic carbocycles. The maximum Gasteiger partial charge on any atom is 0.187 e. The van der Waals surface area contributed by atoms with E-state index in [0.29, 0.717) is 0 Å². The van der Waals surface area contributed by atoms with E-state index in [4.69, 9.17) is 57.1 Å². The van der Waals surface area contributed by atoms with E-state index in [9.17, 15) is 40.9 Å². The first-order valence-corrected chi connectivity index (χ1v) is 13.8. The molecule has 0 radical (unpaired) electrons. The van der Waals surface area contributed by atoms with E-state index in [-0.39, 0.29) is 13.0 Å². The van der Waals surface area contributed by atoms with Gasteiger partial charge in [-0.3, -0.25) is 0 Å². The van der Waals surface area contributed by atoms with Crippen LogP contribution in [0.3, 0.4) is 0 Å². The molecule has 3 aliphatic heterocycles. The van der Waals surface area contributed by atoms with Crippen molar-refractivity contribution < 1.29 is 69.3 Å². The van der Waals surface area contributed by atoms with Gasteiger partial charge < -0.3 is 97.9 Å². The van der Waals surface area contributed by atoms with Crippen LogP contribution in [0.1, 0.15) is 6.42 Å². The Hall–Kier alpha value is -0.760. The first-order valence-electron chi connectivity index (χ1n) is 13.8. The van der Waals surface area contributed by atoms with Crippen LogP contribution in [-0.4, -0.2) is 177 Å². The molecule has 4 rings (SSSR count). The summed E-state index contributed by atoms with van der Waals surface area (Å²) in [7, 11) is 0. The van der Waals surface area contributed by atoms with Crippen molar-refractivity contribution in [2.45, 2.75) is 123 Å². The average Bonchev–Trinajstić information content (AvgIpc) is 3.27. The SMILES string of the molecule is NCC1OC(O[C@@H]2C(O)C(OC3C(O[C@@H]4O[C@@H](CO)C(O)[C@H](O)[C@@H]4N)[C@@H](N)C[C@H](N)[C@H]3O)O[C@H]2CO)[C@@H](N)[C@@H](O)C1O. The monoisotopic (exact) mass is 615 g/mol. The Labute approximate surface area is 240 Å². The van der Waals surface area contributed by atoms with Crippen LogP contribution in [0.5, 0.6) is 0 Å². The molecular formula is C23H45N5O14. The van der Waals surface area contributed by atoms with Gasteiger partial charge in [0.2, 0.25) is 0 Å². The molecule has 0 spiro atoms. The van der Waals surface area contributed by atoms with Crippen LogP contribution in [0.4, 0.5) is 0 Å². The Morgan fingerprint density at radius 2 is 1.00 bits per heavy atom. The lowest BCUT2D eigenvalue weighted by Gasteiger charge is -2.47. The molecule has 0 aromatic rings. The molecular weight excluding hydrogens is 570 g/mol. The third-order valence-electron chi connectivity index (χ3n) is 8.32. The van der Waals surface area contributed by atoms with Gasteiger partial charge in [0.1, 0.15) is 67.1 Å². The van der Waals surface area contributed by atoms with Gasteiger partial charge in [0.05, 0.1) is 31.4 Å². The van der Waals surface area contributed by atoms with Gasteiger partial charge in [-0.25, -0.2) is 0 Å². The maximum absolute atomic E-state index is 11.1. The number of rotatable bonds is 9. The fourth-order valence-electron chi connectivity index (χ4n) is 5.70. The van der Waals surface area contributed by atoms with Crippen molar-refractivity contribution in [1.29, 1.82) is 0 Å². The molecule has 0 aromatic heterocycles. The molecule has 19 nitrogen and oxygen atoms in total. The van der Waals surface area contributed by atoms with Gasteiger partial charge >= 0.3 is 0 Å². The molecule has 0 amide bonds. The molecule has 246 valence electrons. The third-order valence-corrected chi connectivity index (χ3v) is 8.32. The molecule has 19 atom stereocenters. The Kier molecular flexibility index (Phi) is 11.5. The minimum Gasteiger partial charge on any atom is -0.394 e. The first kappa shape index (κ1) is 34.1. The van der Waals surface area contributed by atoms with Crippen LogP contribution in [-0.2, 0) is 28.4 Å². The lowest BCUT2D eigenvalue weighted by atomic mass is 9.84. The van der Waals surface area contributed by atoms with Crippen LogP contribution in [0.2, 0.25) is 0 Å². The van der Waals surface area contributed by atoms with Crippen molar-refractivity contribution in [1.82, 2.24) is 0 Å². The number of ether oxygens (including phenoxy) is 6. The lowest BCUT2D eigenvalue weighted by molar-refractivity contribution is -0.310. The van der Waals surface area contributed by atoms with Gasteiger partial charge in [-0.2, -0.15) is 0 Å². The highest BCUT2D eigenvalue weighted by Gasteiger charge is 2.54. The molecule has 19 heteroatoms. The van der Waals surface area contributed by atoms with Gasteiger partial charge in [0, 0.05) is 18.6 Å². The van der Waals surface area contributed by atoms with E-state index in [0.717, 1.165) is 0 Å². The number of nitrogens with two attached hydrogens (primary N) is 5. The molecule has 8 unspecified atom stereocenters. The summed E-state index contributed by atoms with van der Waals surface area (Å²) < 4.78 is 34.4. The smallest absolute Gasteiger partial charge is 0.187 e. The average molecular weight is 616 g/mol. The van der Waals surface area contributed by atoms with E-state index >= 15 is 0 Å². The Morgan fingerprint density at radius 3 is 1.55 bits per heavy atom. The summed E-state index contributed by atoms with van der Waals surface area (Å²) in [6, 6.07) is -4.30. The molecule has 4 fully saturated rings. The predicted octanol–water partition coefficient (Wildman–Crippen LogP) is -8.86. The second kappa shape index (κ2) is 14.1. The summed E-state index contributed by atoms with van der Waals surface area (Å²) in [6.07, 6.45) is -20.5. The van der Waals surface area contributed by atoms with Gasteiger partial charge in [-0.05, 0) is 6.42 Å². The summed E-state index contributed by atoms with van der Waals surface area (Å²) in [5.74, 6) is 0. The molecule has 42 heavy (non-hydrogen) atoms. The predicted molar refractivity (Wildman–Crippen MR) is 136 cm³/mol. The van der Waals surface area contributed by atoms with Crippen LogP contribution < -0.4 is 28.7 Å². The fourth-order valence-corrected chi connectivity index (χ4v) is 5.70.